The third kappa shape index (κ3) is 2.32. The molecule has 1 fully saturated rings. The van der Waals surface area contributed by atoms with Gasteiger partial charge in [0.2, 0.25) is 6.79 Å². The van der Waals surface area contributed by atoms with Crippen LogP contribution in [0.5, 0.6) is 11.5 Å². The van der Waals surface area contributed by atoms with Gasteiger partial charge in [-0.3, -0.25) is 9.69 Å². The number of carbonyl (C=O) groups is 1. The van der Waals surface area contributed by atoms with Crippen LogP contribution in [-0.2, 0) is 0 Å². The molecule has 0 N–H and O–H groups in total. The van der Waals surface area contributed by atoms with E-state index in [-0.39, 0.29) is 18.6 Å². The predicted octanol–water partition coefficient (Wildman–Crippen LogP) is 2.47. The molecule has 3 rings (SSSR count). The van der Waals surface area contributed by atoms with Crippen LogP contribution in [0.2, 0.25) is 0 Å². The van der Waals surface area contributed by atoms with Crippen LogP contribution in [0, 0.1) is 0 Å². The van der Waals surface area contributed by atoms with Crippen LogP contribution < -0.4 is 9.47 Å². The second-order valence-electron chi connectivity index (χ2n) is 5.10. The molecule has 4 nitrogen and oxygen atoms in total. The first-order valence-electron chi connectivity index (χ1n) is 6.97. The standard InChI is InChI=1S/C15H19NO3/c1-2-12(16-7-3-4-8-16)15(17)11-5-6-13-14(9-11)19-10-18-13/h5-6,9,12H,2-4,7-8,10H2,1H3. The molecule has 1 aromatic rings. The molecule has 19 heavy (non-hydrogen) atoms. The van der Waals surface area contributed by atoms with E-state index in [0.717, 1.165) is 30.8 Å². The van der Waals surface area contributed by atoms with Crippen molar-refractivity contribution in [2.75, 3.05) is 19.9 Å². The lowest BCUT2D eigenvalue weighted by atomic mass is 10.0. The monoisotopic (exact) mass is 261 g/mol. The summed E-state index contributed by atoms with van der Waals surface area (Å²) in [5.41, 5.74) is 0.725. The van der Waals surface area contributed by atoms with Gasteiger partial charge >= 0.3 is 0 Å². The summed E-state index contributed by atoms with van der Waals surface area (Å²) < 4.78 is 10.6. The summed E-state index contributed by atoms with van der Waals surface area (Å²) in [5, 5.41) is 0. The zero-order valence-corrected chi connectivity index (χ0v) is 11.2. The van der Waals surface area contributed by atoms with E-state index in [4.69, 9.17) is 9.47 Å². The summed E-state index contributed by atoms with van der Waals surface area (Å²) in [5.74, 6) is 1.61. The fourth-order valence-corrected chi connectivity index (χ4v) is 2.90. The largest absolute Gasteiger partial charge is 0.454 e. The maximum Gasteiger partial charge on any atom is 0.231 e. The molecule has 1 aromatic carbocycles. The highest BCUT2D eigenvalue weighted by Gasteiger charge is 2.28. The van der Waals surface area contributed by atoms with Crippen molar-refractivity contribution in [2.24, 2.45) is 0 Å². The average Bonchev–Trinajstić information content (AvgIpc) is 3.09. The average molecular weight is 261 g/mol. The van der Waals surface area contributed by atoms with Crippen LogP contribution in [0.4, 0.5) is 0 Å². The van der Waals surface area contributed by atoms with Gasteiger partial charge in [0, 0.05) is 5.56 Å². The van der Waals surface area contributed by atoms with Crippen molar-refractivity contribution in [3.63, 3.8) is 0 Å². The van der Waals surface area contributed by atoms with Crippen molar-refractivity contribution >= 4 is 5.78 Å². The van der Waals surface area contributed by atoms with Gasteiger partial charge in [0.1, 0.15) is 0 Å². The van der Waals surface area contributed by atoms with E-state index >= 15 is 0 Å². The predicted molar refractivity (Wildman–Crippen MR) is 71.8 cm³/mol. The van der Waals surface area contributed by atoms with E-state index in [1.165, 1.54) is 12.8 Å². The molecule has 1 unspecified atom stereocenters. The first kappa shape index (κ1) is 12.5. The zero-order valence-electron chi connectivity index (χ0n) is 11.2. The smallest absolute Gasteiger partial charge is 0.231 e. The molecule has 0 radical (unpaired) electrons. The van der Waals surface area contributed by atoms with Crippen molar-refractivity contribution in [3.05, 3.63) is 23.8 Å². The summed E-state index contributed by atoms with van der Waals surface area (Å²) in [6.07, 6.45) is 3.25. The van der Waals surface area contributed by atoms with E-state index in [9.17, 15) is 4.79 Å². The fraction of sp³-hybridized carbons (Fsp3) is 0.533. The maximum atomic E-state index is 12.6. The van der Waals surface area contributed by atoms with Gasteiger partial charge in [0.15, 0.2) is 17.3 Å². The van der Waals surface area contributed by atoms with E-state index in [1.807, 2.05) is 18.2 Å². The molecule has 102 valence electrons. The molecule has 1 saturated heterocycles. The molecular weight excluding hydrogens is 242 g/mol. The molecule has 2 heterocycles. The minimum absolute atomic E-state index is 0.00266. The van der Waals surface area contributed by atoms with Crippen molar-refractivity contribution < 1.29 is 14.3 Å². The fourth-order valence-electron chi connectivity index (χ4n) is 2.90. The Morgan fingerprint density at radius 1 is 1.26 bits per heavy atom. The third-order valence-electron chi connectivity index (χ3n) is 3.93. The Bertz CT molecular complexity index is 480. The lowest BCUT2D eigenvalue weighted by Gasteiger charge is -2.25. The van der Waals surface area contributed by atoms with Gasteiger partial charge < -0.3 is 9.47 Å². The number of benzene rings is 1. The molecule has 4 heteroatoms. The van der Waals surface area contributed by atoms with Crippen LogP contribution in [0.1, 0.15) is 36.5 Å². The van der Waals surface area contributed by atoms with Crippen LogP contribution in [0.3, 0.4) is 0 Å². The highest BCUT2D eigenvalue weighted by molar-refractivity contribution is 6.00. The van der Waals surface area contributed by atoms with Crippen molar-refractivity contribution in [1.29, 1.82) is 0 Å². The van der Waals surface area contributed by atoms with Crippen molar-refractivity contribution in [3.8, 4) is 11.5 Å². The van der Waals surface area contributed by atoms with Gasteiger partial charge in [-0.2, -0.15) is 0 Å². The lowest BCUT2D eigenvalue weighted by Crippen LogP contribution is -2.38. The summed E-state index contributed by atoms with van der Waals surface area (Å²) in [4.78, 5) is 14.9. The van der Waals surface area contributed by atoms with Gasteiger partial charge in [-0.15, -0.1) is 0 Å². The molecule has 0 aliphatic carbocycles. The lowest BCUT2D eigenvalue weighted by molar-refractivity contribution is 0.0843. The van der Waals surface area contributed by atoms with Crippen LogP contribution in [0.15, 0.2) is 18.2 Å². The molecule has 0 spiro atoms. The Balaban J connectivity index is 1.81. The number of hydrogen-bond donors (Lipinski definition) is 0. The van der Waals surface area contributed by atoms with E-state index < -0.39 is 0 Å². The van der Waals surface area contributed by atoms with E-state index in [1.54, 1.807) is 0 Å². The van der Waals surface area contributed by atoms with Crippen molar-refractivity contribution in [1.82, 2.24) is 4.90 Å². The number of rotatable bonds is 4. The molecule has 0 saturated carbocycles. The first-order chi connectivity index (χ1) is 9.29. The Morgan fingerprint density at radius 2 is 2.00 bits per heavy atom. The van der Waals surface area contributed by atoms with Crippen LogP contribution in [0.25, 0.3) is 0 Å². The summed E-state index contributed by atoms with van der Waals surface area (Å²) in [6, 6.07) is 5.48. The maximum absolute atomic E-state index is 12.6. The molecule has 0 amide bonds. The van der Waals surface area contributed by atoms with E-state index in [2.05, 4.69) is 11.8 Å². The van der Waals surface area contributed by atoms with Crippen molar-refractivity contribution in [2.45, 2.75) is 32.2 Å². The zero-order chi connectivity index (χ0) is 13.2. The third-order valence-corrected chi connectivity index (χ3v) is 3.93. The highest BCUT2D eigenvalue weighted by Crippen LogP contribution is 2.33. The van der Waals surface area contributed by atoms with Gasteiger partial charge in [0.25, 0.3) is 0 Å². The second kappa shape index (κ2) is 5.21. The van der Waals surface area contributed by atoms with Gasteiger partial charge in [-0.1, -0.05) is 6.92 Å². The number of ether oxygens (including phenoxy) is 2. The topological polar surface area (TPSA) is 38.8 Å². The molecule has 1 atom stereocenters. The number of ketones is 1. The summed E-state index contributed by atoms with van der Waals surface area (Å²) >= 11 is 0. The Hall–Kier alpha value is -1.55. The Kier molecular flexibility index (Phi) is 3.42. The minimum Gasteiger partial charge on any atom is -0.454 e. The summed E-state index contributed by atoms with van der Waals surface area (Å²) in [6.45, 7) is 4.40. The number of likely N-dealkylation sites (tertiary alicyclic amines) is 1. The van der Waals surface area contributed by atoms with Gasteiger partial charge in [0.05, 0.1) is 6.04 Å². The number of carbonyl (C=O) groups excluding carboxylic acids is 1. The van der Waals surface area contributed by atoms with Crippen LogP contribution >= 0.6 is 0 Å². The molecule has 0 bridgehead atoms. The molecule has 2 aliphatic heterocycles. The highest BCUT2D eigenvalue weighted by atomic mass is 16.7. The minimum atomic E-state index is 0.00266. The van der Waals surface area contributed by atoms with Crippen LogP contribution in [-0.4, -0.2) is 36.6 Å². The molecular formula is C15H19NO3. The van der Waals surface area contributed by atoms with Gasteiger partial charge in [-0.25, -0.2) is 0 Å². The quantitative estimate of drug-likeness (QED) is 0.780. The number of Topliss-reactive ketones (excluding diaryl/α,β-unsaturated/α-hetero) is 1. The number of nitrogens with zero attached hydrogens (tertiary/aromatic N) is 1. The first-order valence-corrected chi connectivity index (χ1v) is 6.97. The van der Waals surface area contributed by atoms with Gasteiger partial charge in [-0.05, 0) is 50.6 Å². The Morgan fingerprint density at radius 3 is 2.74 bits per heavy atom. The summed E-state index contributed by atoms with van der Waals surface area (Å²) in [7, 11) is 0. The number of hydrogen-bond acceptors (Lipinski definition) is 4. The molecule has 0 aromatic heterocycles. The normalized spacial score (nSPS) is 19.6. The molecule has 2 aliphatic rings. The SMILES string of the molecule is CCC(C(=O)c1ccc2c(c1)OCO2)N1CCCC1. The van der Waals surface area contributed by atoms with E-state index in [0.29, 0.717) is 5.75 Å². The number of fused-ring (bicyclic) bond motifs is 1. The Labute approximate surface area is 113 Å². The second-order valence-corrected chi connectivity index (χ2v) is 5.10.